The summed E-state index contributed by atoms with van der Waals surface area (Å²) in [6.07, 6.45) is 1.38. The molecule has 0 amide bonds. The van der Waals surface area contributed by atoms with Gasteiger partial charge in [0.05, 0.1) is 24.1 Å². The minimum Gasteiger partial charge on any atom is -0.473 e. The van der Waals surface area contributed by atoms with E-state index in [-0.39, 0.29) is 17.9 Å². The van der Waals surface area contributed by atoms with Gasteiger partial charge in [-0.25, -0.2) is 9.78 Å². The van der Waals surface area contributed by atoms with Gasteiger partial charge in [0.1, 0.15) is 6.61 Å². The summed E-state index contributed by atoms with van der Waals surface area (Å²) in [6.45, 7) is 2.32. The number of rotatable bonds is 5. The molecule has 1 heterocycles. The number of hydrogen-bond donors (Lipinski definition) is 1. The smallest absolute Gasteiger partial charge is 0.340 e. The number of pyridine rings is 1. The number of carbonyl (C=O) groups excluding carboxylic acids is 1. The van der Waals surface area contributed by atoms with E-state index in [1.54, 1.807) is 19.1 Å². The average Bonchev–Trinajstić information content (AvgIpc) is 2.48. The van der Waals surface area contributed by atoms with Crippen molar-refractivity contribution in [3.05, 3.63) is 52.7 Å². The van der Waals surface area contributed by atoms with Gasteiger partial charge in [-0.3, -0.25) is 0 Å². The molecular weight excluding hydrogens is 292 g/mol. The number of nitrogens with zero attached hydrogens (tertiary/aromatic N) is 1. The molecule has 2 rings (SSSR count). The summed E-state index contributed by atoms with van der Waals surface area (Å²) < 4.78 is 10.5. The molecule has 0 aliphatic rings. The minimum absolute atomic E-state index is 0.248. The Balaban J connectivity index is 2.08. The lowest BCUT2D eigenvalue weighted by Crippen LogP contribution is -2.09. The molecule has 0 radical (unpaired) electrons. The van der Waals surface area contributed by atoms with Crippen molar-refractivity contribution in [2.45, 2.75) is 13.5 Å². The van der Waals surface area contributed by atoms with Gasteiger partial charge < -0.3 is 15.2 Å². The van der Waals surface area contributed by atoms with E-state index in [4.69, 9.17) is 26.8 Å². The minimum atomic E-state index is -0.492. The Hall–Kier alpha value is -2.27. The number of anilines is 1. The molecule has 0 unspecified atom stereocenters. The predicted octanol–water partition coefficient (Wildman–Crippen LogP) is 3.07. The van der Waals surface area contributed by atoms with Crippen LogP contribution in [0.4, 0.5) is 5.69 Å². The molecule has 0 atom stereocenters. The highest BCUT2D eigenvalue weighted by Crippen LogP contribution is 2.19. The molecule has 2 N–H and O–H groups in total. The van der Waals surface area contributed by atoms with Gasteiger partial charge in [-0.1, -0.05) is 23.7 Å². The van der Waals surface area contributed by atoms with Crippen LogP contribution in [0.5, 0.6) is 5.88 Å². The fourth-order valence-corrected chi connectivity index (χ4v) is 1.78. The Morgan fingerprint density at radius 3 is 2.71 bits per heavy atom. The summed E-state index contributed by atoms with van der Waals surface area (Å²) >= 11 is 5.81. The maximum Gasteiger partial charge on any atom is 0.340 e. The van der Waals surface area contributed by atoms with E-state index >= 15 is 0 Å². The van der Waals surface area contributed by atoms with Crippen molar-refractivity contribution in [3.63, 3.8) is 0 Å². The van der Waals surface area contributed by atoms with Crippen molar-refractivity contribution in [1.29, 1.82) is 0 Å². The van der Waals surface area contributed by atoms with Gasteiger partial charge in [0.15, 0.2) is 0 Å². The van der Waals surface area contributed by atoms with E-state index in [9.17, 15) is 4.79 Å². The zero-order chi connectivity index (χ0) is 15.2. The van der Waals surface area contributed by atoms with Crippen LogP contribution in [0, 0.1) is 0 Å². The second kappa shape index (κ2) is 6.95. The van der Waals surface area contributed by atoms with Gasteiger partial charge in [0.2, 0.25) is 5.88 Å². The summed E-state index contributed by atoms with van der Waals surface area (Å²) in [6, 6.07) is 8.74. The number of aromatic nitrogens is 1. The highest BCUT2D eigenvalue weighted by atomic mass is 35.5. The van der Waals surface area contributed by atoms with E-state index < -0.39 is 5.97 Å². The Kier molecular flexibility index (Phi) is 5.00. The van der Waals surface area contributed by atoms with Crippen LogP contribution in [0.3, 0.4) is 0 Å². The van der Waals surface area contributed by atoms with Crippen LogP contribution in [-0.4, -0.2) is 17.6 Å². The van der Waals surface area contributed by atoms with E-state index in [0.717, 1.165) is 5.56 Å². The molecule has 0 bridgehead atoms. The maximum absolute atomic E-state index is 11.7. The summed E-state index contributed by atoms with van der Waals surface area (Å²) in [5, 5.41) is 0.661. The average molecular weight is 307 g/mol. The van der Waals surface area contributed by atoms with Crippen molar-refractivity contribution in [1.82, 2.24) is 4.98 Å². The molecule has 0 aliphatic carbocycles. The third-order valence-electron chi connectivity index (χ3n) is 2.71. The first-order chi connectivity index (χ1) is 10.1. The lowest BCUT2D eigenvalue weighted by molar-refractivity contribution is 0.0527. The van der Waals surface area contributed by atoms with E-state index in [2.05, 4.69) is 4.98 Å². The highest BCUT2D eigenvalue weighted by molar-refractivity contribution is 6.30. The van der Waals surface area contributed by atoms with Gasteiger partial charge >= 0.3 is 5.97 Å². The van der Waals surface area contributed by atoms with Crippen molar-refractivity contribution >= 4 is 23.3 Å². The van der Waals surface area contributed by atoms with Crippen molar-refractivity contribution in [2.75, 3.05) is 12.3 Å². The standard InChI is InChI=1S/C15H15ClN2O3/c1-2-20-15(19)12-7-14(18-8-13(12)17)21-9-10-3-5-11(16)6-4-10/h3-8H,2,9,17H2,1H3. The molecule has 0 saturated heterocycles. The van der Waals surface area contributed by atoms with Crippen molar-refractivity contribution in [3.8, 4) is 5.88 Å². The quantitative estimate of drug-likeness (QED) is 0.859. The molecule has 0 saturated carbocycles. The maximum atomic E-state index is 11.7. The first kappa shape index (κ1) is 15.1. The van der Waals surface area contributed by atoms with Crippen molar-refractivity contribution < 1.29 is 14.3 Å². The topological polar surface area (TPSA) is 74.4 Å². The second-order valence-corrected chi connectivity index (χ2v) is 4.68. The Morgan fingerprint density at radius 1 is 1.33 bits per heavy atom. The number of ether oxygens (including phenoxy) is 2. The van der Waals surface area contributed by atoms with Gasteiger partial charge in [0.25, 0.3) is 0 Å². The Labute approximate surface area is 127 Å². The number of carbonyl (C=O) groups is 1. The molecule has 1 aromatic carbocycles. The Morgan fingerprint density at radius 2 is 2.05 bits per heavy atom. The first-order valence-corrected chi connectivity index (χ1v) is 6.78. The molecule has 5 nitrogen and oxygen atoms in total. The fraction of sp³-hybridized carbons (Fsp3) is 0.200. The third kappa shape index (κ3) is 4.10. The number of hydrogen-bond acceptors (Lipinski definition) is 5. The Bertz CT molecular complexity index is 629. The molecule has 21 heavy (non-hydrogen) atoms. The van der Waals surface area contributed by atoms with Gasteiger partial charge in [-0.2, -0.15) is 0 Å². The monoisotopic (exact) mass is 306 g/mol. The second-order valence-electron chi connectivity index (χ2n) is 4.25. The van der Waals surface area contributed by atoms with Crippen LogP contribution in [0.15, 0.2) is 36.5 Å². The number of benzene rings is 1. The van der Waals surface area contributed by atoms with Gasteiger partial charge in [-0.05, 0) is 24.6 Å². The van der Waals surface area contributed by atoms with E-state index in [1.165, 1.54) is 12.3 Å². The summed E-state index contributed by atoms with van der Waals surface area (Å²) in [5.74, 6) is -0.184. The zero-order valence-corrected chi connectivity index (χ0v) is 12.3. The molecule has 6 heteroatoms. The first-order valence-electron chi connectivity index (χ1n) is 6.40. The van der Waals surface area contributed by atoms with Crippen LogP contribution < -0.4 is 10.5 Å². The van der Waals surface area contributed by atoms with Crippen molar-refractivity contribution in [2.24, 2.45) is 0 Å². The van der Waals surface area contributed by atoms with Crippen LogP contribution in [0.2, 0.25) is 5.02 Å². The number of esters is 1. The van der Waals surface area contributed by atoms with E-state index in [1.807, 2.05) is 12.1 Å². The van der Waals surface area contributed by atoms with Crippen LogP contribution in [-0.2, 0) is 11.3 Å². The molecule has 0 aliphatic heterocycles. The number of halogens is 1. The van der Waals surface area contributed by atoms with Gasteiger partial charge in [-0.15, -0.1) is 0 Å². The predicted molar refractivity (Wildman–Crippen MR) is 80.4 cm³/mol. The fourth-order valence-electron chi connectivity index (χ4n) is 1.65. The van der Waals surface area contributed by atoms with E-state index in [0.29, 0.717) is 17.5 Å². The lowest BCUT2D eigenvalue weighted by atomic mass is 10.2. The molecular formula is C15H15ClN2O3. The molecule has 110 valence electrons. The van der Waals surface area contributed by atoms with Crippen LogP contribution in [0.1, 0.15) is 22.8 Å². The molecule has 0 spiro atoms. The largest absolute Gasteiger partial charge is 0.473 e. The SMILES string of the molecule is CCOC(=O)c1cc(OCc2ccc(Cl)cc2)ncc1N. The van der Waals surface area contributed by atoms with Crippen LogP contribution in [0.25, 0.3) is 0 Å². The summed E-state index contributed by atoms with van der Waals surface area (Å²) in [4.78, 5) is 15.8. The number of nitrogen functional groups attached to an aromatic ring is 1. The molecule has 1 aromatic heterocycles. The summed E-state index contributed by atoms with van der Waals surface area (Å²) in [7, 11) is 0. The van der Waals surface area contributed by atoms with Gasteiger partial charge in [0, 0.05) is 11.1 Å². The molecule has 2 aromatic rings. The normalized spacial score (nSPS) is 10.2. The van der Waals surface area contributed by atoms with Crippen LogP contribution >= 0.6 is 11.6 Å². The zero-order valence-electron chi connectivity index (χ0n) is 11.5. The number of nitrogens with two attached hydrogens (primary N) is 1. The molecule has 0 fully saturated rings. The lowest BCUT2D eigenvalue weighted by Gasteiger charge is -2.09. The highest BCUT2D eigenvalue weighted by Gasteiger charge is 2.13. The third-order valence-corrected chi connectivity index (χ3v) is 2.96. The summed E-state index contributed by atoms with van der Waals surface area (Å²) in [5.41, 5.74) is 7.16.